The fraction of sp³-hybridized carbons (Fsp3) is 0.533. The first-order valence-corrected chi connectivity index (χ1v) is 7.74. The highest BCUT2D eigenvalue weighted by Gasteiger charge is 2.32. The van der Waals surface area contributed by atoms with Crippen molar-refractivity contribution in [2.24, 2.45) is 17.6 Å². The van der Waals surface area contributed by atoms with Crippen LogP contribution in [0.5, 0.6) is 0 Å². The topological polar surface area (TPSA) is 55.1 Å². The number of amides is 1. The number of nitrogens with one attached hydrogen (secondary N) is 1. The molecule has 6 heteroatoms. The minimum atomic E-state index is -0.160. The lowest BCUT2D eigenvalue weighted by Gasteiger charge is -2.22. The molecule has 1 aromatic carbocycles. The third kappa shape index (κ3) is 4.49. The van der Waals surface area contributed by atoms with Crippen molar-refractivity contribution in [2.75, 3.05) is 6.54 Å². The second-order valence-corrected chi connectivity index (χ2v) is 6.27. The van der Waals surface area contributed by atoms with E-state index in [9.17, 15) is 4.79 Å². The molecule has 3 atom stereocenters. The third-order valence-electron chi connectivity index (χ3n) is 4.08. The SMILES string of the molecule is CC(NC(=O)[C@@H]1CCC[C@@H]1CN)c1cc(Cl)ccc1Cl.Cl. The Morgan fingerprint density at radius 2 is 2.14 bits per heavy atom. The summed E-state index contributed by atoms with van der Waals surface area (Å²) in [5, 5.41) is 4.26. The molecule has 1 aliphatic rings. The summed E-state index contributed by atoms with van der Waals surface area (Å²) < 4.78 is 0. The zero-order valence-electron chi connectivity index (χ0n) is 11.9. The first-order chi connectivity index (χ1) is 9.52. The Labute approximate surface area is 142 Å². The molecule has 0 spiro atoms. The van der Waals surface area contributed by atoms with Gasteiger partial charge in [0.2, 0.25) is 5.91 Å². The van der Waals surface area contributed by atoms with Gasteiger partial charge in [0.25, 0.3) is 0 Å². The van der Waals surface area contributed by atoms with E-state index in [1.165, 1.54) is 0 Å². The van der Waals surface area contributed by atoms with Crippen LogP contribution in [0.25, 0.3) is 0 Å². The molecule has 1 fully saturated rings. The second-order valence-electron chi connectivity index (χ2n) is 5.43. The van der Waals surface area contributed by atoms with Crippen LogP contribution in [0.2, 0.25) is 10.0 Å². The van der Waals surface area contributed by atoms with Crippen LogP contribution >= 0.6 is 35.6 Å². The van der Waals surface area contributed by atoms with Crippen LogP contribution in [0.4, 0.5) is 0 Å². The van der Waals surface area contributed by atoms with E-state index in [2.05, 4.69) is 5.32 Å². The Morgan fingerprint density at radius 1 is 1.43 bits per heavy atom. The lowest BCUT2D eigenvalue weighted by Crippen LogP contribution is -2.36. The quantitative estimate of drug-likeness (QED) is 0.862. The monoisotopic (exact) mass is 350 g/mol. The Hall–Kier alpha value is -0.480. The fourth-order valence-electron chi connectivity index (χ4n) is 2.91. The molecule has 3 nitrogen and oxygen atoms in total. The maximum Gasteiger partial charge on any atom is 0.223 e. The number of hydrogen-bond acceptors (Lipinski definition) is 2. The van der Waals surface area contributed by atoms with E-state index in [-0.39, 0.29) is 30.3 Å². The van der Waals surface area contributed by atoms with E-state index in [1.807, 2.05) is 6.92 Å². The fourth-order valence-corrected chi connectivity index (χ4v) is 3.37. The van der Waals surface area contributed by atoms with Crippen LogP contribution in [-0.2, 0) is 4.79 Å². The van der Waals surface area contributed by atoms with Gasteiger partial charge in [-0.2, -0.15) is 0 Å². The lowest BCUT2D eigenvalue weighted by atomic mass is 9.94. The minimum absolute atomic E-state index is 0. The first-order valence-electron chi connectivity index (χ1n) is 6.98. The van der Waals surface area contributed by atoms with Crippen LogP contribution in [-0.4, -0.2) is 12.5 Å². The summed E-state index contributed by atoms with van der Waals surface area (Å²) >= 11 is 12.1. The van der Waals surface area contributed by atoms with Gasteiger partial charge in [-0.1, -0.05) is 29.6 Å². The van der Waals surface area contributed by atoms with Gasteiger partial charge in [0.05, 0.1) is 6.04 Å². The van der Waals surface area contributed by atoms with Crippen LogP contribution in [0.1, 0.15) is 37.8 Å². The predicted molar refractivity (Wildman–Crippen MR) is 90.2 cm³/mol. The van der Waals surface area contributed by atoms with E-state index < -0.39 is 0 Å². The molecule has 1 saturated carbocycles. The molecule has 0 saturated heterocycles. The van der Waals surface area contributed by atoms with Gasteiger partial charge in [-0.25, -0.2) is 0 Å². The van der Waals surface area contributed by atoms with Crippen molar-refractivity contribution in [1.82, 2.24) is 5.32 Å². The van der Waals surface area contributed by atoms with E-state index >= 15 is 0 Å². The smallest absolute Gasteiger partial charge is 0.223 e. The van der Waals surface area contributed by atoms with Crippen LogP contribution < -0.4 is 11.1 Å². The second kappa shape index (κ2) is 8.23. The standard InChI is InChI=1S/C15H20Cl2N2O.ClH/c1-9(13-7-11(16)5-6-14(13)17)19-15(20)12-4-2-3-10(12)8-18;/h5-7,9-10,12H,2-4,8,18H2,1H3,(H,19,20);1H/t9?,10-,12-;/m1./s1. The van der Waals surface area contributed by atoms with E-state index in [0.717, 1.165) is 24.8 Å². The molecule has 0 aliphatic heterocycles. The van der Waals surface area contributed by atoms with Gasteiger partial charge >= 0.3 is 0 Å². The van der Waals surface area contributed by atoms with Crippen molar-refractivity contribution >= 4 is 41.5 Å². The molecule has 1 aromatic rings. The summed E-state index contributed by atoms with van der Waals surface area (Å²) in [7, 11) is 0. The van der Waals surface area contributed by atoms with Crippen molar-refractivity contribution in [3.63, 3.8) is 0 Å². The number of carbonyl (C=O) groups excluding carboxylic acids is 1. The van der Waals surface area contributed by atoms with Crippen LogP contribution in [0.15, 0.2) is 18.2 Å². The highest BCUT2D eigenvalue weighted by molar-refractivity contribution is 6.33. The Balaban J connectivity index is 0.00000220. The molecule has 1 aliphatic carbocycles. The molecular formula is C15H21Cl3N2O. The molecule has 0 heterocycles. The van der Waals surface area contributed by atoms with Gasteiger partial charge in [-0.05, 0) is 56.0 Å². The number of benzene rings is 1. The third-order valence-corrected chi connectivity index (χ3v) is 4.66. The molecule has 21 heavy (non-hydrogen) atoms. The molecule has 1 amide bonds. The number of rotatable bonds is 4. The molecule has 2 rings (SSSR count). The number of halogens is 3. The largest absolute Gasteiger partial charge is 0.349 e. The highest BCUT2D eigenvalue weighted by Crippen LogP contribution is 2.32. The summed E-state index contributed by atoms with van der Waals surface area (Å²) in [4.78, 5) is 12.4. The van der Waals surface area contributed by atoms with Gasteiger partial charge in [-0.15, -0.1) is 12.4 Å². The van der Waals surface area contributed by atoms with Crippen LogP contribution in [0, 0.1) is 11.8 Å². The van der Waals surface area contributed by atoms with Crippen molar-refractivity contribution in [2.45, 2.75) is 32.2 Å². The van der Waals surface area contributed by atoms with Crippen LogP contribution in [0.3, 0.4) is 0 Å². The summed E-state index contributed by atoms with van der Waals surface area (Å²) in [5.74, 6) is 0.402. The highest BCUT2D eigenvalue weighted by atomic mass is 35.5. The maximum absolute atomic E-state index is 12.4. The van der Waals surface area contributed by atoms with Crippen molar-refractivity contribution in [3.05, 3.63) is 33.8 Å². The number of carbonyl (C=O) groups is 1. The maximum atomic E-state index is 12.4. The molecule has 0 aromatic heterocycles. The Kier molecular flexibility index (Phi) is 7.28. The summed E-state index contributed by atoms with van der Waals surface area (Å²) in [6.45, 7) is 2.49. The summed E-state index contributed by atoms with van der Waals surface area (Å²) in [6.07, 6.45) is 3.04. The first kappa shape index (κ1) is 18.6. The van der Waals surface area contributed by atoms with Gasteiger partial charge in [0.15, 0.2) is 0 Å². The average Bonchev–Trinajstić information content (AvgIpc) is 2.89. The zero-order valence-corrected chi connectivity index (χ0v) is 14.3. The number of nitrogens with two attached hydrogens (primary N) is 1. The molecule has 118 valence electrons. The summed E-state index contributed by atoms with van der Waals surface area (Å²) in [6, 6.07) is 5.13. The predicted octanol–water partition coefficient (Wildman–Crippen LogP) is 3.97. The van der Waals surface area contributed by atoms with Crippen molar-refractivity contribution < 1.29 is 4.79 Å². The average molecular weight is 352 g/mol. The molecule has 1 unspecified atom stereocenters. The minimum Gasteiger partial charge on any atom is -0.349 e. The van der Waals surface area contributed by atoms with Gasteiger partial charge in [-0.3, -0.25) is 4.79 Å². The lowest BCUT2D eigenvalue weighted by molar-refractivity contribution is -0.126. The molecule has 0 bridgehead atoms. The van der Waals surface area contributed by atoms with Gasteiger partial charge in [0.1, 0.15) is 0 Å². The summed E-state index contributed by atoms with van der Waals surface area (Å²) in [5.41, 5.74) is 6.57. The Bertz CT molecular complexity index is 496. The molecular weight excluding hydrogens is 331 g/mol. The number of hydrogen-bond donors (Lipinski definition) is 2. The molecule has 0 radical (unpaired) electrons. The van der Waals surface area contributed by atoms with Crippen molar-refractivity contribution in [3.8, 4) is 0 Å². The van der Waals surface area contributed by atoms with Crippen molar-refractivity contribution in [1.29, 1.82) is 0 Å². The van der Waals surface area contributed by atoms with E-state index in [0.29, 0.717) is 22.5 Å². The van der Waals surface area contributed by atoms with Gasteiger partial charge in [0, 0.05) is 16.0 Å². The Morgan fingerprint density at radius 3 is 2.81 bits per heavy atom. The normalized spacial score (nSPS) is 22.5. The van der Waals surface area contributed by atoms with E-state index in [1.54, 1.807) is 18.2 Å². The molecule has 3 N–H and O–H groups in total. The van der Waals surface area contributed by atoms with E-state index in [4.69, 9.17) is 28.9 Å². The zero-order chi connectivity index (χ0) is 14.7. The van der Waals surface area contributed by atoms with Gasteiger partial charge < -0.3 is 11.1 Å².